The van der Waals surface area contributed by atoms with Crippen LogP contribution in [0.3, 0.4) is 0 Å². The van der Waals surface area contributed by atoms with E-state index in [1.54, 1.807) is 12.1 Å². The van der Waals surface area contributed by atoms with E-state index < -0.39 is 12.0 Å². The lowest BCUT2D eigenvalue weighted by atomic mass is 10.0. The molecule has 0 fully saturated rings. The number of hydrogen-bond donors (Lipinski definition) is 1. The lowest BCUT2D eigenvalue weighted by molar-refractivity contribution is -0.143. The van der Waals surface area contributed by atoms with Crippen molar-refractivity contribution in [3.8, 4) is 0 Å². The zero-order valence-corrected chi connectivity index (χ0v) is 11.9. The standard InChI is InChI=1S/C15H21NO3/c1-10(2)8-13(15(18)19-4)16-14(17)12-7-5-6-11(3)9-12/h5-7,9-10,13H,8H2,1-4H3,(H,16,17)/t13-/m1/s1. The zero-order chi connectivity index (χ0) is 14.4. The molecule has 0 aliphatic carbocycles. The molecule has 0 heterocycles. The fraction of sp³-hybridized carbons (Fsp3) is 0.467. The number of carbonyl (C=O) groups excluding carboxylic acids is 2. The number of carbonyl (C=O) groups is 2. The minimum absolute atomic E-state index is 0.250. The number of benzene rings is 1. The van der Waals surface area contributed by atoms with Crippen LogP contribution in [0.15, 0.2) is 24.3 Å². The first-order valence-corrected chi connectivity index (χ1v) is 6.39. The van der Waals surface area contributed by atoms with E-state index in [4.69, 9.17) is 4.74 Å². The maximum Gasteiger partial charge on any atom is 0.328 e. The molecule has 19 heavy (non-hydrogen) atoms. The maximum absolute atomic E-state index is 12.1. The Morgan fingerprint density at radius 1 is 1.32 bits per heavy atom. The molecule has 1 amide bonds. The van der Waals surface area contributed by atoms with Crippen molar-refractivity contribution in [2.45, 2.75) is 33.2 Å². The van der Waals surface area contributed by atoms with Gasteiger partial charge in [-0.3, -0.25) is 4.79 Å². The maximum atomic E-state index is 12.1. The summed E-state index contributed by atoms with van der Waals surface area (Å²) in [6.45, 7) is 5.91. The third kappa shape index (κ3) is 4.73. The predicted molar refractivity (Wildman–Crippen MR) is 73.9 cm³/mol. The second-order valence-corrected chi connectivity index (χ2v) is 5.05. The second-order valence-electron chi connectivity index (χ2n) is 5.05. The fourth-order valence-corrected chi connectivity index (χ4v) is 1.86. The Bertz CT molecular complexity index is 454. The summed E-state index contributed by atoms with van der Waals surface area (Å²) in [6.07, 6.45) is 0.560. The summed E-state index contributed by atoms with van der Waals surface area (Å²) in [4.78, 5) is 23.7. The Morgan fingerprint density at radius 2 is 2.00 bits per heavy atom. The first-order chi connectivity index (χ1) is 8.93. The highest BCUT2D eigenvalue weighted by Crippen LogP contribution is 2.09. The molecular weight excluding hydrogens is 242 g/mol. The third-order valence-electron chi connectivity index (χ3n) is 2.78. The first kappa shape index (κ1) is 15.2. The lowest BCUT2D eigenvalue weighted by Crippen LogP contribution is -2.42. The predicted octanol–water partition coefficient (Wildman–Crippen LogP) is 2.31. The number of methoxy groups -OCH3 is 1. The van der Waals surface area contributed by atoms with Gasteiger partial charge < -0.3 is 10.1 Å². The number of nitrogens with one attached hydrogen (secondary N) is 1. The van der Waals surface area contributed by atoms with E-state index in [0.29, 0.717) is 17.9 Å². The second kappa shape index (κ2) is 6.92. The Hall–Kier alpha value is -1.84. The van der Waals surface area contributed by atoms with Crippen LogP contribution in [0.5, 0.6) is 0 Å². The van der Waals surface area contributed by atoms with Crippen molar-refractivity contribution in [3.05, 3.63) is 35.4 Å². The Kier molecular flexibility index (Phi) is 5.55. The summed E-state index contributed by atoms with van der Waals surface area (Å²) < 4.78 is 4.72. The van der Waals surface area contributed by atoms with E-state index in [1.165, 1.54) is 7.11 Å². The molecule has 0 spiro atoms. The summed E-state index contributed by atoms with van der Waals surface area (Å²) in [7, 11) is 1.33. The molecule has 0 unspecified atom stereocenters. The lowest BCUT2D eigenvalue weighted by Gasteiger charge is -2.18. The molecule has 104 valence electrons. The van der Waals surface area contributed by atoms with E-state index >= 15 is 0 Å². The van der Waals surface area contributed by atoms with Crippen LogP contribution in [0.1, 0.15) is 36.2 Å². The molecule has 1 aromatic rings. The van der Waals surface area contributed by atoms with Crippen LogP contribution in [-0.4, -0.2) is 25.0 Å². The molecule has 0 saturated carbocycles. The number of amides is 1. The Balaban J connectivity index is 2.78. The number of aryl methyl sites for hydroxylation is 1. The van der Waals surface area contributed by atoms with Gasteiger partial charge in [-0.1, -0.05) is 31.5 Å². The van der Waals surface area contributed by atoms with Gasteiger partial charge in [-0.25, -0.2) is 4.79 Å². The molecule has 0 aliphatic heterocycles. The number of hydrogen-bond acceptors (Lipinski definition) is 3. The van der Waals surface area contributed by atoms with Crippen molar-refractivity contribution in [1.29, 1.82) is 0 Å². The van der Waals surface area contributed by atoms with Crippen LogP contribution in [0.25, 0.3) is 0 Å². The molecule has 0 radical (unpaired) electrons. The van der Waals surface area contributed by atoms with Crippen LogP contribution >= 0.6 is 0 Å². The molecule has 4 heteroatoms. The number of rotatable bonds is 5. The highest BCUT2D eigenvalue weighted by molar-refractivity contribution is 5.96. The SMILES string of the molecule is COC(=O)[C@@H](CC(C)C)NC(=O)c1cccc(C)c1. The summed E-state index contributed by atoms with van der Waals surface area (Å²) in [6, 6.07) is 6.66. The van der Waals surface area contributed by atoms with Gasteiger partial charge in [0, 0.05) is 5.56 Å². The average molecular weight is 263 g/mol. The van der Waals surface area contributed by atoms with Crippen molar-refractivity contribution in [2.24, 2.45) is 5.92 Å². The van der Waals surface area contributed by atoms with Gasteiger partial charge in [0.2, 0.25) is 0 Å². The van der Waals surface area contributed by atoms with Crippen LogP contribution in [0, 0.1) is 12.8 Å². The highest BCUT2D eigenvalue weighted by atomic mass is 16.5. The molecule has 0 bridgehead atoms. The van der Waals surface area contributed by atoms with Gasteiger partial charge >= 0.3 is 5.97 Å². The minimum atomic E-state index is -0.599. The van der Waals surface area contributed by atoms with Gasteiger partial charge in [-0.2, -0.15) is 0 Å². The van der Waals surface area contributed by atoms with Crippen LogP contribution in [0.4, 0.5) is 0 Å². The zero-order valence-electron chi connectivity index (χ0n) is 11.9. The van der Waals surface area contributed by atoms with Crippen molar-refractivity contribution < 1.29 is 14.3 Å². The van der Waals surface area contributed by atoms with Gasteiger partial charge in [-0.05, 0) is 31.4 Å². The molecule has 1 aromatic carbocycles. The smallest absolute Gasteiger partial charge is 0.328 e. The van der Waals surface area contributed by atoms with E-state index in [9.17, 15) is 9.59 Å². The molecular formula is C15H21NO3. The molecule has 0 saturated heterocycles. The molecule has 0 aromatic heterocycles. The monoisotopic (exact) mass is 263 g/mol. The van der Waals surface area contributed by atoms with Gasteiger partial charge in [-0.15, -0.1) is 0 Å². The van der Waals surface area contributed by atoms with Gasteiger partial charge in [0.15, 0.2) is 0 Å². The minimum Gasteiger partial charge on any atom is -0.467 e. The van der Waals surface area contributed by atoms with Gasteiger partial charge in [0.1, 0.15) is 6.04 Å². The summed E-state index contributed by atoms with van der Waals surface area (Å²) in [5.41, 5.74) is 1.56. The number of esters is 1. The van der Waals surface area contributed by atoms with Crippen molar-refractivity contribution in [1.82, 2.24) is 5.32 Å². The third-order valence-corrected chi connectivity index (χ3v) is 2.78. The van der Waals surface area contributed by atoms with E-state index in [0.717, 1.165) is 5.56 Å². The molecule has 0 aliphatic rings. The van der Waals surface area contributed by atoms with E-state index in [2.05, 4.69) is 5.32 Å². The van der Waals surface area contributed by atoms with Gasteiger partial charge in [0.05, 0.1) is 7.11 Å². The summed E-state index contributed by atoms with van der Waals surface area (Å²) >= 11 is 0. The van der Waals surface area contributed by atoms with E-state index in [-0.39, 0.29) is 5.91 Å². The Morgan fingerprint density at radius 3 is 2.53 bits per heavy atom. The average Bonchev–Trinajstić information content (AvgIpc) is 2.36. The summed E-state index contributed by atoms with van der Waals surface area (Å²) in [5.74, 6) is -0.364. The largest absolute Gasteiger partial charge is 0.467 e. The normalized spacial score (nSPS) is 12.1. The summed E-state index contributed by atoms with van der Waals surface area (Å²) in [5, 5.41) is 2.73. The molecule has 4 nitrogen and oxygen atoms in total. The first-order valence-electron chi connectivity index (χ1n) is 6.39. The quantitative estimate of drug-likeness (QED) is 0.829. The van der Waals surface area contributed by atoms with Crippen molar-refractivity contribution in [3.63, 3.8) is 0 Å². The highest BCUT2D eigenvalue weighted by Gasteiger charge is 2.23. The van der Waals surface area contributed by atoms with Crippen LogP contribution < -0.4 is 5.32 Å². The van der Waals surface area contributed by atoms with E-state index in [1.807, 2.05) is 32.9 Å². The topological polar surface area (TPSA) is 55.4 Å². The van der Waals surface area contributed by atoms with Crippen LogP contribution in [-0.2, 0) is 9.53 Å². The molecule has 1 atom stereocenters. The van der Waals surface area contributed by atoms with Crippen molar-refractivity contribution in [2.75, 3.05) is 7.11 Å². The fourth-order valence-electron chi connectivity index (χ4n) is 1.86. The van der Waals surface area contributed by atoms with Gasteiger partial charge in [0.25, 0.3) is 5.91 Å². The van der Waals surface area contributed by atoms with Crippen LogP contribution in [0.2, 0.25) is 0 Å². The molecule has 1 rings (SSSR count). The Labute approximate surface area is 114 Å². The number of ether oxygens (including phenoxy) is 1. The molecule has 1 N–H and O–H groups in total. The van der Waals surface area contributed by atoms with Crippen molar-refractivity contribution >= 4 is 11.9 Å².